The topological polar surface area (TPSA) is 35.2 Å². The largest absolute Gasteiger partial charge is 0.375 e. The van der Waals surface area contributed by atoms with Gasteiger partial charge >= 0.3 is 0 Å². The zero-order chi connectivity index (χ0) is 14.0. The zero-order valence-electron chi connectivity index (χ0n) is 10.9. The van der Waals surface area contributed by atoms with Crippen LogP contribution in [-0.4, -0.2) is 38.4 Å². The zero-order valence-corrected chi connectivity index (χ0v) is 11.7. The van der Waals surface area contributed by atoms with E-state index in [-0.39, 0.29) is 6.67 Å². The lowest BCUT2D eigenvalue weighted by Gasteiger charge is -2.21. The molecule has 0 aliphatic carbocycles. The van der Waals surface area contributed by atoms with Gasteiger partial charge in [0.2, 0.25) is 0 Å². The van der Waals surface area contributed by atoms with Gasteiger partial charge in [0.1, 0.15) is 6.67 Å². The van der Waals surface area contributed by atoms with E-state index in [0.717, 1.165) is 10.5 Å². The highest BCUT2D eigenvalue weighted by molar-refractivity contribution is 8.03. The molecule has 2 unspecified atom stereocenters. The summed E-state index contributed by atoms with van der Waals surface area (Å²) in [7, 11) is 1.49. The van der Waals surface area contributed by atoms with Crippen molar-refractivity contribution >= 4 is 11.8 Å². The Hall–Kier alpha value is -0.650. The van der Waals surface area contributed by atoms with Gasteiger partial charge in [0, 0.05) is 17.8 Å². The van der Waals surface area contributed by atoms with Gasteiger partial charge in [-0.2, -0.15) is 0 Å². The molecule has 0 rings (SSSR count). The average Bonchev–Trinajstić information content (AvgIpc) is 2.40. The summed E-state index contributed by atoms with van der Waals surface area (Å²) in [5.74, 6) is 0.381. The smallest absolute Gasteiger partial charge is 0.107 e. The summed E-state index contributed by atoms with van der Waals surface area (Å²) in [6.07, 6.45) is 4.85. The van der Waals surface area contributed by atoms with Crippen molar-refractivity contribution < 1.29 is 13.5 Å². The maximum Gasteiger partial charge on any atom is 0.107 e. The van der Waals surface area contributed by atoms with Crippen LogP contribution >= 0.6 is 11.8 Å². The molecule has 0 fully saturated rings. The molecule has 2 atom stereocenters. The molecule has 0 radical (unpaired) electrons. The molecule has 2 N–H and O–H groups in total. The number of thioether (sulfide) groups is 1. The van der Waals surface area contributed by atoms with Crippen LogP contribution in [0.4, 0.5) is 8.78 Å². The van der Waals surface area contributed by atoms with Crippen molar-refractivity contribution in [3.63, 3.8) is 0 Å². The second-order valence-corrected chi connectivity index (χ2v) is 4.82. The molecule has 0 saturated heterocycles. The summed E-state index contributed by atoms with van der Waals surface area (Å²) in [6.45, 7) is 4.57. The van der Waals surface area contributed by atoms with Crippen molar-refractivity contribution in [3.05, 3.63) is 35.3 Å². The fourth-order valence-corrected chi connectivity index (χ4v) is 1.90. The van der Waals surface area contributed by atoms with Gasteiger partial charge in [-0.25, -0.2) is 4.39 Å². The van der Waals surface area contributed by atoms with Gasteiger partial charge in [0.05, 0.1) is 18.8 Å². The molecule has 0 bridgehead atoms. The van der Waals surface area contributed by atoms with Crippen LogP contribution in [0.15, 0.2) is 35.3 Å². The molecule has 0 aromatic heterocycles. The number of rotatable bonds is 9. The molecule has 0 aromatic rings. The van der Waals surface area contributed by atoms with Crippen molar-refractivity contribution in [2.24, 2.45) is 5.73 Å². The van der Waals surface area contributed by atoms with Crippen molar-refractivity contribution in [2.45, 2.75) is 19.1 Å². The molecule has 0 amide bonds. The minimum Gasteiger partial charge on any atom is -0.375 e. The van der Waals surface area contributed by atoms with Crippen LogP contribution in [0.25, 0.3) is 0 Å². The Kier molecular flexibility index (Phi) is 9.92. The number of halogens is 2. The fraction of sp³-hybridized carbons (Fsp3) is 0.538. The lowest BCUT2D eigenvalue weighted by Crippen LogP contribution is -2.38. The molecule has 2 nitrogen and oxygen atoms in total. The molecule has 0 aliphatic heterocycles. The maximum atomic E-state index is 12.6. The summed E-state index contributed by atoms with van der Waals surface area (Å²) in [5, 5.41) is 0. The number of hydrogen-bond acceptors (Lipinski definition) is 3. The van der Waals surface area contributed by atoms with Gasteiger partial charge in [0.25, 0.3) is 0 Å². The SMILES string of the molecule is C=C(/C=C\C(=C/C)C(OC)C(N)CF)SCCF. The lowest BCUT2D eigenvalue weighted by molar-refractivity contribution is 0.102. The quantitative estimate of drug-likeness (QED) is 0.658. The van der Waals surface area contributed by atoms with Crippen molar-refractivity contribution in [1.29, 1.82) is 0 Å². The summed E-state index contributed by atoms with van der Waals surface area (Å²) in [6, 6.07) is -0.697. The first kappa shape index (κ1) is 17.4. The fourth-order valence-electron chi connectivity index (χ4n) is 1.40. The number of methoxy groups -OCH3 is 1. The molecular formula is C13H21F2NOS. The van der Waals surface area contributed by atoms with Crippen LogP contribution < -0.4 is 5.73 Å². The van der Waals surface area contributed by atoms with Gasteiger partial charge in [0.15, 0.2) is 0 Å². The molecule has 0 spiro atoms. The van der Waals surface area contributed by atoms with Crippen molar-refractivity contribution in [2.75, 3.05) is 26.2 Å². The first-order chi connectivity index (χ1) is 8.60. The van der Waals surface area contributed by atoms with Gasteiger partial charge in [-0.3, -0.25) is 4.39 Å². The minimum atomic E-state index is -0.697. The van der Waals surface area contributed by atoms with Gasteiger partial charge in [-0.05, 0) is 18.6 Å². The van der Waals surface area contributed by atoms with E-state index in [9.17, 15) is 8.78 Å². The molecule has 18 heavy (non-hydrogen) atoms. The number of nitrogens with two attached hydrogens (primary N) is 1. The number of alkyl halides is 2. The Morgan fingerprint density at radius 2 is 2.11 bits per heavy atom. The Morgan fingerprint density at radius 1 is 1.44 bits per heavy atom. The van der Waals surface area contributed by atoms with E-state index in [1.807, 2.05) is 13.0 Å². The Bertz CT molecular complexity index is 305. The lowest BCUT2D eigenvalue weighted by atomic mass is 10.0. The third kappa shape index (κ3) is 6.33. The first-order valence-corrected chi connectivity index (χ1v) is 6.65. The van der Waals surface area contributed by atoms with E-state index >= 15 is 0 Å². The monoisotopic (exact) mass is 277 g/mol. The highest BCUT2D eigenvalue weighted by atomic mass is 32.2. The Labute approximate surface area is 112 Å². The highest BCUT2D eigenvalue weighted by Crippen LogP contribution is 2.18. The molecule has 0 aliphatic rings. The standard InChI is InChI=1S/C13H21F2NOS/c1-4-11(13(17-3)12(16)9-15)6-5-10(2)18-8-7-14/h4-6,12-13H,2,7-9,16H2,1,3H3/b6-5-,11-4+. The normalized spacial score (nSPS) is 15.9. The highest BCUT2D eigenvalue weighted by Gasteiger charge is 2.19. The van der Waals surface area contributed by atoms with Crippen LogP contribution in [0.5, 0.6) is 0 Å². The summed E-state index contributed by atoms with van der Waals surface area (Å²) < 4.78 is 29.7. The third-order valence-corrected chi connectivity index (χ3v) is 3.17. The second kappa shape index (κ2) is 10.3. The average molecular weight is 277 g/mol. The van der Waals surface area contributed by atoms with Crippen LogP contribution in [0.3, 0.4) is 0 Å². The first-order valence-electron chi connectivity index (χ1n) is 5.67. The summed E-state index contributed by atoms with van der Waals surface area (Å²) >= 11 is 1.33. The molecule has 0 heterocycles. The van der Waals surface area contributed by atoms with Gasteiger partial charge in [-0.1, -0.05) is 18.7 Å². The van der Waals surface area contributed by atoms with Crippen LogP contribution in [0, 0.1) is 0 Å². The van der Waals surface area contributed by atoms with Crippen molar-refractivity contribution in [3.8, 4) is 0 Å². The summed E-state index contributed by atoms with van der Waals surface area (Å²) in [4.78, 5) is 0.746. The van der Waals surface area contributed by atoms with E-state index in [4.69, 9.17) is 10.5 Å². The van der Waals surface area contributed by atoms with Crippen LogP contribution in [0.2, 0.25) is 0 Å². The Balaban J connectivity index is 4.59. The van der Waals surface area contributed by atoms with Crippen LogP contribution in [-0.2, 0) is 4.74 Å². The predicted octanol–water partition coefficient (Wildman–Crippen LogP) is 3.02. The number of allylic oxidation sites excluding steroid dienone is 2. The number of ether oxygens (including phenoxy) is 1. The molecule has 104 valence electrons. The second-order valence-electron chi connectivity index (χ2n) is 3.60. The van der Waals surface area contributed by atoms with Crippen LogP contribution in [0.1, 0.15) is 6.92 Å². The van der Waals surface area contributed by atoms with Crippen molar-refractivity contribution in [1.82, 2.24) is 0 Å². The van der Waals surface area contributed by atoms with Gasteiger partial charge < -0.3 is 10.5 Å². The van der Waals surface area contributed by atoms with E-state index in [2.05, 4.69) is 6.58 Å². The Morgan fingerprint density at radius 3 is 2.56 bits per heavy atom. The molecule has 0 aromatic carbocycles. The molecule has 0 saturated carbocycles. The van der Waals surface area contributed by atoms with E-state index in [0.29, 0.717) is 5.75 Å². The summed E-state index contributed by atoms with van der Waals surface area (Å²) in [5.41, 5.74) is 6.42. The number of hydrogen-bond donors (Lipinski definition) is 1. The van der Waals surface area contributed by atoms with E-state index < -0.39 is 18.8 Å². The predicted molar refractivity (Wildman–Crippen MR) is 75.2 cm³/mol. The van der Waals surface area contributed by atoms with E-state index in [1.54, 1.807) is 12.2 Å². The van der Waals surface area contributed by atoms with E-state index in [1.165, 1.54) is 18.9 Å². The minimum absolute atomic E-state index is 0.381. The van der Waals surface area contributed by atoms with Gasteiger partial charge in [-0.15, -0.1) is 11.8 Å². The maximum absolute atomic E-state index is 12.6. The molecular weight excluding hydrogens is 256 g/mol. The molecule has 5 heteroatoms. The third-order valence-electron chi connectivity index (χ3n) is 2.31.